The summed E-state index contributed by atoms with van der Waals surface area (Å²) in [5.41, 5.74) is 2.34. The Kier molecular flexibility index (Phi) is 3.32. The summed E-state index contributed by atoms with van der Waals surface area (Å²) in [6, 6.07) is 6.13. The van der Waals surface area contributed by atoms with Crippen molar-refractivity contribution >= 4 is 11.6 Å². The minimum Gasteiger partial charge on any atom is -0.393 e. The van der Waals surface area contributed by atoms with Gasteiger partial charge in [-0.3, -0.25) is 0 Å². The quantitative estimate of drug-likeness (QED) is 0.832. The molecule has 0 aliphatic heterocycles. The van der Waals surface area contributed by atoms with Crippen molar-refractivity contribution in [1.82, 2.24) is 0 Å². The molecule has 1 aromatic rings. The highest BCUT2D eigenvalue weighted by Gasteiger charge is 2.29. The Bertz CT molecular complexity index is 344. The van der Waals surface area contributed by atoms with E-state index in [9.17, 15) is 5.11 Å². The lowest BCUT2D eigenvalue weighted by molar-refractivity contribution is 0.142. The minimum atomic E-state index is -0.123. The van der Waals surface area contributed by atoms with E-state index < -0.39 is 0 Å². The van der Waals surface area contributed by atoms with Crippen molar-refractivity contribution in [3.05, 3.63) is 34.3 Å². The van der Waals surface area contributed by atoms with Crippen molar-refractivity contribution in [2.75, 3.05) is 0 Å². The molecule has 82 valence electrons. The average molecular weight is 225 g/mol. The Morgan fingerprint density at radius 3 is 2.80 bits per heavy atom. The van der Waals surface area contributed by atoms with Crippen molar-refractivity contribution in [3.63, 3.8) is 0 Å². The summed E-state index contributed by atoms with van der Waals surface area (Å²) in [7, 11) is 0. The standard InChI is InChI=1S/C13H17ClO/c1-9-2-3-10(12(14)8-9)6-7-13(15)11-4-5-11/h2-3,8,11,13,15H,4-7H2,1H3. The molecule has 0 saturated heterocycles. The maximum atomic E-state index is 9.75. The molecule has 2 heteroatoms. The number of halogens is 1. The maximum absolute atomic E-state index is 9.75. The molecule has 1 aromatic carbocycles. The largest absolute Gasteiger partial charge is 0.393 e. The number of aliphatic hydroxyl groups excluding tert-OH is 1. The van der Waals surface area contributed by atoms with E-state index in [1.54, 1.807) is 0 Å². The van der Waals surface area contributed by atoms with Gasteiger partial charge in [-0.05, 0) is 55.7 Å². The Morgan fingerprint density at radius 1 is 1.47 bits per heavy atom. The number of rotatable bonds is 4. The van der Waals surface area contributed by atoms with Crippen LogP contribution in [0.2, 0.25) is 5.02 Å². The van der Waals surface area contributed by atoms with Crippen LogP contribution in [0.25, 0.3) is 0 Å². The zero-order valence-electron chi connectivity index (χ0n) is 9.04. The first-order chi connectivity index (χ1) is 7.16. The lowest BCUT2D eigenvalue weighted by Gasteiger charge is -2.10. The molecular formula is C13H17ClO. The first-order valence-electron chi connectivity index (χ1n) is 5.60. The van der Waals surface area contributed by atoms with E-state index in [1.807, 2.05) is 13.0 Å². The summed E-state index contributed by atoms with van der Waals surface area (Å²) < 4.78 is 0. The molecule has 1 aliphatic carbocycles. The number of aryl methyl sites for hydroxylation is 2. The fourth-order valence-corrected chi connectivity index (χ4v) is 2.20. The van der Waals surface area contributed by atoms with Gasteiger partial charge in [0.15, 0.2) is 0 Å². The number of hydrogen-bond donors (Lipinski definition) is 1. The van der Waals surface area contributed by atoms with Crippen LogP contribution < -0.4 is 0 Å². The predicted molar refractivity (Wildman–Crippen MR) is 63.2 cm³/mol. The third kappa shape index (κ3) is 2.96. The van der Waals surface area contributed by atoms with E-state index in [0.717, 1.165) is 23.4 Å². The molecule has 0 bridgehead atoms. The SMILES string of the molecule is Cc1ccc(CCC(O)C2CC2)c(Cl)c1. The molecule has 1 unspecified atom stereocenters. The molecular weight excluding hydrogens is 208 g/mol. The first kappa shape index (κ1) is 11.0. The predicted octanol–water partition coefficient (Wildman–Crippen LogP) is 3.35. The molecule has 0 heterocycles. The van der Waals surface area contributed by atoms with E-state index in [0.29, 0.717) is 5.92 Å². The second-order valence-corrected chi connectivity index (χ2v) is 4.95. The van der Waals surface area contributed by atoms with E-state index in [-0.39, 0.29) is 6.10 Å². The van der Waals surface area contributed by atoms with Crippen molar-refractivity contribution < 1.29 is 5.11 Å². The van der Waals surface area contributed by atoms with E-state index in [2.05, 4.69) is 12.1 Å². The molecule has 2 rings (SSSR count). The highest BCUT2D eigenvalue weighted by molar-refractivity contribution is 6.31. The van der Waals surface area contributed by atoms with Gasteiger partial charge in [-0.25, -0.2) is 0 Å². The smallest absolute Gasteiger partial charge is 0.0571 e. The van der Waals surface area contributed by atoms with Crippen LogP contribution in [-0.4, -0.2) is 11.2 Å². The second kappa shape index (κ2) is 4.54. The summed E-state index contributed by atoms with van der Waals surface area (Å²) in [6.07, 6.45) is 4.00. The van der Waals surface area contributed by atoms with Gasteiger partial charge >= 0.3 is 0 Å². The summed E-state index contributed by atoms with van der Waals surface area (Å²) in [5, 5.41) is 10.6. The molecule has 1 N–H and O–H groups in total. The van der Waals surface area contributed by atoms with Gasteiger partial charge in [0.1, 0.15) is 0 Å². The molecule has 1 fully saturated rings. The van der Waals surface area contributed by atoms with Gasteiger partial charge in [0.2, 0.25) is 0 Å². The highest BCUT2D eigenvalue weighted by atomic mass is 35.5. The molecule has 0 radical (unpaired) electrons. The van der Waals surface area contributed by atoms with Gasteiger partial charge in [0, 0.05) is 5.02 Å². The first-order valence-corrected chi connectivity index (χ1v) is 5.97. The Hall–Kier alpha value is -0.530. The van der Waals surface area contributed by atoms with Crippen LogP contribution >= 0.6 is 11.6 Å². The Balaban J connectivity index is 1.92. The van der Waals surface area contributed by atoms with E-state index in [4.69, 9.17) is 11.6 Å². The zero-order valence-corrected chi connectivity index (χ0v) is 9.80. The van der Waals surface area contributed by atoms with Crippen LogP contribution in [0.4, 0.5) is 0 Å². The van der Waals surface area contributed by atoms with Crippen molar-refractivity contribution in [1.29, 1.82) is 0 Å². The van der Waals surface area contributed by atoms with Gasteiger partial charge in [-0.15, -0.1) is 0 Å². The molecule has 0 spiro atoms. The van der Waals surface area contributed by atoms with Crippen molar-refractivity contribution in [2.45, 2.75) is 38.7 Å². The van der Waals surface area contributed by atoms with Crippen LogP contribution in [0.15, 0.2) is 18.2 Å². The fraction of sp³-hybridized carbons (Fsp3) is 0.538. The normalized spacial score (nSPS) is 17.8. The molecule has 1 nitrogen and oxygen atoms in total. The number of benzene rings is 1. The lowest BCUT2D eigenvalue weighted by atomic mass is 10.0. The topological polar surface area (TPSA) is 20.2 Å². The van der Waals surface area contributed by atoms with E-state index in [1.165, 1.54) is 18.4 Å². The monoisotopic (exact) mass is 224 g/mol. The molecule has 0 aromatic heterocycles. The summed E-state index contributed by atoms with van der Waals surface area (Å²) in [6.45, 7) is 2.04. The van der Waals surface area contributed by atoms with Crippen LogP contribution in [0.1, 0.15) is 30.4 Å². The van der Waals surface area contributed by atoms with Gasteiger partial charge in [0.25, 0.3) is 0 Å². The number of aliphatic hydroxyl groups is 1. The van der Waals surface area contributed by atoms with Crippen molar-refractivity contribution in [2.24, 2.45) is 5.92 Å². The Morgan fingerprint density at radius 2 is 2.20 bits per heavy atom. The summed E-state index contributed by atoms with van der Waals surface area (Å²) in [4.78, 5) is 0. The summed E-state index contributed by atoms with van der Waals surface area (Å²) >= 11 is 6.13. The Labute approximate surface area is 96.1 Å². The van der Waals surface area contributed by atoms with Crippen molar-refractivity contribution in [3.8, 4) is 0 Å². The van der Waals surface area contributed by atoms with Crippen LogP contribution in [0.3, 0.4) is 0 Å². The number of hydrogen-bond acceptors (Lipinski definition) is 1. The summed E-state index contributed by atoms with van der Waals surface area (Å²) in [5.74, 6) is 0.564. The maximum Gasteiger partial charge on any atom is 0.0571 e. The molecule has 1 aliphatic rings. The van der Waals surface area contributed by atoms with Crippen LogP contribution in [-0.2, 0) is 6.42 Å². The van der Waals surface area contributed by atoms with Crippen LogP contribution in [0, 0.1) is 12.8 Å². The lowest BCUT2D eigenvalue weighted by Crippen LogP contribution is -2.10. The third-order valence-electron chi connectivity index (χ3n) is 3.08. The average Bonchev–Trinajstić information content (AvgIpc) is 2.99. The van der Waals surface area contributed by atoms with Crippen LogP contribution in [0.5, 0.6) is 0 Å². The third-order valence-corrected chi connectivity index (χ3v) is 3.44. The van der Waals surface area contributed by atoms with E-state index >= 15 is 0 Å². The van der Waals surface area contributed by atoms with Gasteiger partial charge in [-0.2, -0.15) is 0 Å². The highest BCUT2D eigenvalue weighted by Crippen LogP contribution is 2.34. The molecule has 0 amide bonds. The van der Waals surface area contributed by atoms with Gasteiger partial charge in [0.05, 0.1) is 6.10 Å². The van der Waals surface area contributed by atoms with Gasteiger partial charge < -0.3 is 5.11 Å². The fourth-order valence-electron chi connectivity index (χ4n) is 1.88. The van der Waals surface area contributed by atoms with Gasteiger partial charge in [-0.1, -0.05) is 23.7 Å². The second-order valence-electron chi connectivity index (χ2n) is 4.54. The molecule has 1 saturated carbocycles. The minimum absolute atomic E-state index is 0.123. The molecule has 1 atom stereocenters. The zero-order chi connectivity index (χ0) is 10.8. The molecule has 15 heavy (non-hydrogen) atoms.